The molecule has 1 N–H and O–H groups in total. The number of nitriles is 1. The van der Waals surface area contributed by atoms with E-state index in [-0.39, 0.29) is 10.5 Å². The molecule has 0 aliphatic carbocycles. The van der Waals surface area contributed by atoms with Crippen molar-refractivity contribution < 1.29 is 17.9 Å². The van der Waals surface area contributed by atoms with Crippen molar-refractivity contribution in [3.05, 3.63) is 54.1 Å². The maximum Gasteiger partial charge on any atom is 0.256 e. The lowest BCUT2D eigenvalue weighted by atomic mass is 10.2. The Bertz CT molecular complexity index is 901. The summed E-state index contributed by atoms with van der Waals surface area (Å²) in [5, 5.41) is 11.2. The van der Waals surface area contributed by atoms with Crippen molar-refractivity contribution in [1.82, 2.24) is 0 Å². The molecule has 1 amide bonds. The number of nitrogens with one attached hydrogen (secondary N) is 1. The number of carbonyl (C=O) groups is 1. The van der Waals surface area contributed by atoms with Gasteiger partial charge >= 0.3 is 0 Å². The lowest BCUT2D eigenvalue weighted by molar-refractivity contribution is 0.102. The molecule has 0 heterocycles. The first kappa shape index (κ1) is 18.5. The Hall–Kier alpha value is -2.85. The molecule has 0 aromatic heterocycles. The molecule has 0 atom stereocenters. The summed E-state index contributed by atoms with van der Waals surface area (Å²) in [7, 11) is -3.51. The first-order valence-corrected chi connectivity index (χ1v) is 9.51. The van der Waals surface area contributed by atoms with E-state index in [9.17, 15) is 13.2 Å². The van der Waals surface area contributed by atoms with Crippen LogP contribution in [-0.2, 0) is 9.84 Å². The van der Waals surface area contributed by atoms with E-state index in [0.717, 1.165) is 6.26 Å². The molecule has 0 unspecified atom stereocenters. The molecule has 25 heavy (non-hydrogen) atoms. The number of carbonyl (C=O) groups excluding carboxylic acids is 1. The molecule has 0 saturated heterocycles. The monoisotopic (exact) mass is 358 g/mol. The van der Waals surface area contributed by atoms with Gasteiger partial charge in [-0.25, -0.2) is 8.42 Å². The van der Waals surface area contributed by atoms with E-state index < -0.39 is 15.7 Å². The minimum atomic E-state index is -3.51. The summed E-state index contributed by atoms with van der Waals surface area (Å²) in [6.45, 7) is 0.405. The molecule has 7 heteroatoms. The molecule has 6 nitrogen and oxygen atoms in total. The highest BCUT2D eigenvalue weighted by Gasteiger charge is 2.18. The van der Waals surface area contributed by atoms with Crippen LogP contribution < -0.4 is 10.1 Å². The number of unbranched alkanes of at least 4 members (excludes halogenated alkanes) is 1. The van der Waals surface area contributed by atoms with Gasteiger partial charge in [-0.3, -0.25) is 4.79 Å². The van der Waals surface area contributed by atoms with Crippen LogP contribution in [0.3, 0.4) is 0 Å². The van der Waals surface area contributed by atoms with E-state index in [1.807, 2.05) is 6.07 Å². The van der Waals surface area contributed by atoms with Crippen molar-refractivity contribution >= 4 is 21.4 Å². The smallest absolute Gasteiger partial charge is 0.256 e. The number of nitrogens with zero attached hydrogens (tertiary/aromatic N) is 1. The summed E-state index contributed by atoms with van der Waals surface area (Å²) in [4.78, 5) is 12.4. The number of anilines is 1. The fourth-order valence-corrected chi connectivity index (χ4v) is 3.07. The molecular weight excluding hydrogens is 340 g/mol. The maximum atomic E-state index is 12.4. The minimum absolute atomic E-state index is 0.0172. The minimum Gasteiger partial charge on any atom is -0.493 e. The lowest BCUT2D eigenvalue weighted by Crippen LogP contribution is -2.16. The number of rotatable bonds is 7. The van der Waals surface area contributed by atoms with Gasteiger partial charge in [0.15, 0.2) is 9.84 Å². The number of benzene rings is 2. The van der Waals surface area contributed by atoms with Crippen LogP contribution in [0.2, 0.25) is 0 Å². The Morgan fingerprint density at radius 2 is 1.96 bits per heavy atom. The zero-order valence-corrected chi connectivity index (χ0v) is 14.5. The van der Waals surface area contributed by atoms with E-state index in [2.05, 4.69) is 5.32 Å². The van der Waals surface area contributed by atoms with Crippen molar-refractivity contribution in [1.29, 1.82) is 5.26 Å². The largest absolute Gasteiger partial charge is 0.493 e. The van der Waals surface area contributed by atoms with Crippen molar-refractivity contribution in [2.24, 2.45) is 0 Å². The standard InChI is InChI=1S/C18H18N2O4S/c1-25(22,23)17-10-3-2-9-16(17)18(21)20-14-7-6-8-15(13-14)24-12-5-4-11-19/h2-3,6-10,13H,4-5,12H2,1H3,(H,20,21). The van der Waals surface area contributed by atoms with Crippen LogP contribution >= 0.6 is 0 Å². The second-order valence-corrected chi connectivity index (χ2v) is 7.34. The molecule has 0 bridgehead atoms. The molecule has 2 aromatic rings. The van der Waals surface area contributed by atoms with Crippen LogP contribution in [0.1, 0.15) is 23.2 Å². The summed E-state index contributed by atoms with van der Waals surface area (Å²) in [5.74, 6) is 0.0507. The predicted molar refractivity (Wildman–Crippen MR) is 94.3 cm³/mol. The van der Waals surface area contributed by atoms with Gasteiger partial charge in [-0.1, -0.05) is 18.2 Å². The van der Waals surface area contributed by atoms with Crippen molar-refractivity contribution in [3.8, 4) is 11.8 Å². The first-order chi connectivity index (χ1) is 11.9. The number of hydrogen-bond donors (Lipinski definition) is 1. The third-order valence-corrected chi connectivity index (χ3v) is 4.48. The third-order valence-electron chi connectivity index (χ3n) is 3.32. The van der Waals surface area contributed by atoms with E-state index in [1.54, 1.807) is 36.4 Å². The summed E-state index contributed by atoms with van der Waals surface area (Å²) in [6, 6.07) is 14.9. The molecule has 0 radical (unpaired) electrons. The first-order valence-electron chi connectivity index (χ1n) is 7.62. The molecule has 2 rings (SSSR count). The fourth-order valence-electron chi connectivity index (χ4n) is 2.18. The molecule has 0 saturated carbocycles. The molecule has 0 spiro atoms. The molecule has 0 aliphatic rings. The molecule has 130 valence electrons. The molecule has 0 fully saturated rings. The normalized spacial score (nSPS) is 10.7. The summed E-state index contributed by atoms with van der Waals surface area (Å²) < 4.78 is 29.1. The highest BCUT2D eigenvalue weighted by atomic mass is 32.2. The van der Waals surface area contributed by atoms with Crippen LogP contribution in [0.25, 0.3) is 0 Å². The zero-order valence-electron chi connectivity index (χ0n) is 13.7. The average Bonchev–Trinajstić information content (AvgIpc) is 2.58. The number of amides is 1. The average molecular weight is 358 g/mol. The Labute approximate surface area is 147 Å². The van der Waals surface area contributed by atoms with Gasteiger partial charge in [-0.15, -0.1) is 0 Å². The van der Waals surface area contributed by atoms with E-state index in [0.29, 0.717) is 30.9 Å². The van der Waals surface area contributed by atoms with Gasteiger partial charge in [-0.05, 0) is 30.7 Å². The summed E-state index contributed by atoms with van der Waals surface area (Å²) in [5.41, 5.74) is 0.580. The Morgan fingerprint density at radius 1 is 1.20 bits per heavy atom. The zero-order chi connectivity index (χ0) is 18.3. The van der Waals surface area contributed by atoms with Gasteiger partial charge in [0.2, 0.25) is 0 Å². The number of ether oxygens (including phenoxy) is 1. The van der Waals surface area contributed by atoms with Crippen LogP contribution in [0.15, 0.2) is 53.4 Å². The number of hydrogen-bond acceptors (Lipinski definition) is 5. The van der Waals surface area contributed by atoms with Gasteiger partial charge in [0.1, 0.15) is 5.75 Å². The van der Waals surface area contributed by atoms with Gasteiger partial charge in [0.05, 0.1) is 23.1 Å². The fraction of sp³-hybridized carbons (Fsp3) is 0.222. The topological polar surface area (TPSA) is 96.3 Å². The van der Waals surface area contributed by atoms with Crippen LogP contribution in [-0.4, -0.2) is 27.2 Å². The Kier molecular flexibility index (Phi) is 6.14. The third kappa shape index (κ3) is 5.33. The van der Waals surface area contributed by atoms with E-state index in [4.69, 9.17) is 10.00 Å². The summed E-state index contributed by atoms with van der Waals surface area (Å²) >= 11 is 0. The van der Waals surface area contributed by atoms with E-state index in [1.165, 1.54) is 12.1 Å². The molecular formula is C18H18N2O4S. The highest BCUT2D eigenvalue weighted by Crippen LogP contribution is 2.20. The molecule has 0 aliphatic heterocycles. The lowest BCUT2D eigenvalue weighted by Gasteiger charge is -2.10. The number of sulfone groups is 1. The van der Waals surface area contributed by atoms with Crippen molar-refractivity contribution in [2.75, 3.05) is 18.2 Å². The van der Waals surface area contributed by atoms with Crippen LogP contribution in [0.4, 0.5) is 5.69 Å². The maximum absolute atomic E-state index is 12.4. The quantitative estimate of drug-likeness (QED) is 0.768. The van der Waals surface area contributed by atoms with Crippen molar-refractivity contribution in [2.45, 2.75) is 17.7 Å². The van der Waals surface area contributed by atoms with Crippen LogP contribution in [0.5, 0.6) is 5.75 Å². The van der Waals surface area contributed by atoms with Crippen molar-refractivity contribution in [3.63, 3.8) is 0 Å². The predicted octanol–water partition coefficient (Wildman–Crippen LogP) is 3.02. The summed E-state index contributed by atoms with van der Waals surface area (Å²) in [6.07, 6.45) is 2.10. The van der Waals surface area contributed by atoms with E-state index >= 15 is 0 Å². The van der Waals surface area contributed by atoms with Gasteiger partial charge in [0.25, 0.3) is 5.91 Å². The van der Waals surface area contributed by atoms with Gasteiger partial charge in [0, 0.05) is 24.4 Å². The molecule has 2 aromatic carbocycles. The van der Waals surface area contributed by atoms with Crippen LogP contribution in [0, 0.1) is 11.3 Å². The second-order valence-electron chi connectivity index (χ2n) is 5.36. The van der Waals surface area contributed by atoms with Gasteiger partial charge in [-0.2, -0.15) is 5.26 Å². The second kappa shape index (κ2) is 8.31. The highest BCUT2D eigenvalue weighted by molar-refractivity contribution is 7.90. The Balaban J connectivity index is 2.13. The van der Waals surface area contributed by atoms with Gasteiger partial charge < -0.3 is 10.1 Å². The Morgan fingerprint density at radius 3 is 2.68 bits per heavy atom. The SMILES string of the molecule is CS(=O)(=O)c1ccccc1C(=O)Nc1cccc(OCCCC#N)c1.